The molecule has 4 aromatic heterocycles. The van der Waals surface area contributed by atoms with Gasteiger partial charge < -0.3 is 0 Å². The van der Waals surface area contributed by atoms with E-state index in [1.54, 1.807) is 0 Å². The molecule has 4 aromatic carbocycles. The second kappa shape index (κ2) is 35.1. The van der Waals surface area contributed by atoms with E-state index >= 15 is 0 Å². The lowest BCUT2D eigenvalue weighted by Gasteiger charge is -2.38. The van der Waals surface area contributed by atoms with Gasteiger partial charge in [-0.05, 0) is 199 Å². The van der Waals surface area contributed by atoms with E-state index in [0.29, 0.717) is 0 Å². The smallest absolute Gasteiger partial charge is 0.181 e. The lowest BCUT2D eigenvalue weighted by molar-refractivity contribution is 0.127. The SMILES string of the molecule is Cc1ccc(-c2n[nH]c(C(Br)CC3C(C)CC(C)CC3C)n2)cc1.Cc1ccc(-c2n[nH]c(C(Br)CC3C(C)CC(C)CC3C)n2)cc1.Cc1ccc(-c2n[nH]c(C(Br)CC3C(C)CC(C)CC3C)n2)cc1.Cc1ccc(-c2n[nH]c(C(Br)CC3C(C)CC(C)CC3C)n2)cc1. The Hall–Kier alpha value is -4.64. The van der Waals surface area contributed by atoms with E-state index in [1.165, 1.54) is 73.6 Å². The first kappa shape index (κ1) is 75.6. The number of nitrogens with zero attached hydrogens (tertiary/aromatic N) is 8. The summed E-state index contributed by atoms with van der Waals surface area (Å²) in [7, 11) is 0. The van der Waals surface area contributed by atoms with Crippen molar-refractivity contribution in [2.75, 3.05) is 0 Å². The largest absolute Gasteiger partial charge is 0.262 e. The molecule has 12 rings (SSSR count). The number of halogens is 4. The molecule has 0 bridgehead atoms. The van der Waals surface area contributed by atoms with Gasteiger partial charge in [-0.2, -0.15) is 20.4 Å². The normalized spacial score (nSPS) is 28.7. The van der Waals surface area contributed by atoms with Gasteiger partial charge in [-0.15, -0.1) is 0 Å². The van der Waals surface area contributed by atoms with Crippen molar-refractivity contribution in [1.82, 2.24) is 60.7 Å². The molecule has 0 amide bonds. The van der Waals surface area contributed by atoms with Gasteiger partial charge >= 0.3 is 0 Å². The summed E-state index contributed by atoms with van der Waals surface area (Å²) in [4.78, 5) is 19.9. The third kappa shape index (κ3) is 20.8. The Morgan fingerprint density at radius 3 is 0.594 bits per heavy atom. The third-order valence-corrected chi connectivity index (χ3v) is 25.6. The van der Waals surface area contributed by atoms with Gasteiger partial charge in [0.2, 0.25) is 0 Å². The van der Waals surface area contributed by atoms with Crippen LogP contribution in [-0.4, -0.2) is 60.7 Å². The summed E-state index contributed by atoms with van der Waals surface area (Å²) in [5.74, 6) is 19.6. The van der Waals surface area contributed by atoms with Crippen LogP contribution in [0.15, 0.2) is 97.1 Å². The Morgan fingerprint density at radius 1 is 0.281 bits per heavy atom. The molecule has 0 spiro atoms. The Kier molecular flexibility index (Phi) is 27.6. The highest BCUT2D eigenvalue weighted by Gasteiger charge is 2.37. The summed E-state index contributed by atoms with van der Waals surface area (Å²) in [6.07, 6.45) is 15.3. The number of aromatic nitrogens is 12. The monoisotopic (exact) mass is 1560 g/mol. The molecule has 12 atom stereocenters. The van der Waals surface area contributed by atoms with Crippen LogP contribution >= 0.6 is 63.7 Å². The number of benzene rings is 4. The molecule has 0 aliphatic heterocycles. The van der Waals surface area contributed by atoms with Crippen LogP contribution in [0.1, 0.15) is 225 Å². The van der Waals surface area contributed by atoms with Crippen molar-refractivity contribution in [3.8, 4) is 45.6 Å². The van der Waals surface area contributed by atoms with Gasteiger partial charge in [-0.3, -0.25) is 20.4 Å². The van der Waals surface area contributed by atoms with Crippen LogP contribution in [0.25, 0.3) is 45.6 Å². The maximum atomic E-state index is 4.73. The van der Waals surface area contributed by atoms with Crippen molar-refractivity contribution in [2.45, 2.75) is 207 Å². The molecule has 4 heterocycles. The summed E-state index contributed by atoms with van der Waals surface area (Å²) >= 11 is 15.4. The second-order valence-corrected chi connectivity index (χ2v) is 35.7. The third-order valence-electron chi connectivity index (χ3n) is 22.4. The van der Waals surface area contributed by atoms with Crippen LogP contribution in [0.5, 0.6) is 0 Å². The predicted molar refractivity (Wildman–Crippen MR) is 412 cm³/mol. The van der Waals surface area contributed by atoms with Crippen LogP contribution in [0.2, 0.25) is 0 Å². The van der Waals surface area contributed by atoms with E-state index in [4.69, 9.17) is 19.9 Å². The fourth-order valence-electron chi connectivity index (χ4n) is 17.3. The van der Waals surface area contributed by atoms with Crippen molar-refractivity contribution in [3.63, 3.8) is 0 Å². The lowest BCUT2D eigenvalue weighted by atomic mass is 9.68. The highest BCUT2D eigenvalue weighted by Crippen LogP contribution is 2.48. The number of aromatic amines is 4. The van der Waals surface area contributed by atoms with Crippen molar-refractivity contribution in [3.05, 3.63) is 143 Å². The molecule has 4 saturated carbocycles. The Labute approximate surface area is 609 Å². The molecular formula is C80H112Br4N12. The molecular weight excluding hydrogens is 1450 g/mol. The van der Waals surface area contributed by atoms with Gasteiger partial charge in [-0.25, -0.2) is 19.9 Å². The molecule has 4 aliphatic rings. The second-order valence-electron chi connectivity index (χ2n) is 31.2. The first-order valence-electron chi connectivity index (χ1n) is 36.3. The van der Waals surface area contributed by atoms with Crippen molar-refractivity contribution in [2.24, 2.45) is 94.7 Å². The van der Waals surface area contributed by atoms with Gasteiger partial charge in [-0.1, -0.05) is 266 Å². The van der Waals surface area contributed by atoms with Crippen LogP contribution in [-0.2, 0) is 0 Å². The zero-order valence-electron chi connectivity index (χ0n) is 60.4. The van der Waals surface area contributed by atoms with Crippen molar-refractivity contribution >= 4 is 63.7 Å². The maximum Gasteiger partial charge on any atom is 0.181 e. The van der Waals surface area contributed by atoms with E-state index in [2.05, 4.69) is 312 Å². The maximum absolute atomic E-state index is 4.73. The van der Waals surface area contributed by atoms with Crippen molar-refractivity contribution < 1.29 is 0 Å². The van der Waals surface area contributed by atoms with E-state index in [9.17, 15) is 0 Å². The number of hydrogen-bond donors (Lipinski definition) is 4. The van der Waals surface area contributed by atoms with Gasteiger partial charge in [0, 0.05) is 22.3 Å². The van der Waals surface area contributed by atoms with Crippen molar-refractivity contribution in [1.29, 1.82) is 0 Å². The molecule has 4 N–H and O–H groups in total. The minimum Gasteiger partial charge on any atom is -0.262 e. The zero-order valence-corrected chi connectivity index (χ0v) is 66.7. The number of nitrogens with one attached hydrogen (secondary N) is 4. The van der Waals surface area contributed by atoms with Gasteiger partial charge in [0.15, 0.2) is 23.3 Å². The summed E-state index contributed by atoms with van der Waals surface area (Å²) in [5, 5.41) is 30.2. The van der Waals surface area contributed by atoms with Crippen LogP contribution in [0.3, 0.4) is 0 Å². The first-order chi connectivity index (χ1) is 45.7. The average Bonchev–Trinajstić information content (AvgIpc) is 1.60. The van der Waals surface area contributed by atoms with Gasteiger partial charge in [0.1, 0.15) is 23.3 Å². The molecule has 0 saturated heterocycles. The highest BCUT2D eigenvalue weighted by molar-refractivity contribution is 9.09. The Morgan fingerprint density at radius 2 is 0.438 bits per heavy atom. The number of rotatable bonds is 16. The summed E-state index contributed by atoms with van der Waals surface area (Å²) in [6, 6.07) is 33.5. The molecule has 8 aromatic rings. The van der Waals surface area contributed by atoms with Crippen LogP contribution < -0.4 is 0 Å². The first-order valence-corrected chi connectivity index (χ1v) is 39.9. The fraction of sp³-hybridized carbons (Fsp3) is 0.600. The van der Waals surface area contributed by atoms with E-state index < -0.39 is 0 Å². The number of aryl methyl sites for hydroxylation is 4. The molecule has 16 heteroatoms. The molecule has 4 fully saturated rings. The molecule has 12 unspecified atom stereocenters. The lowest BCUT2D eigenvalue weighted by Crippen LogP contribution is -2.29. The molecule has 12 nitrogen and oxygen atoms in total. The van der Waals surface area contributed by atoms with Gasteiger partial charge in [0.25, 0.3) is 0 Å². The molecule has 96 heavy (non-hydrogen) atoms. The molecule has 4 aliphatic carbocycles. The Balaban J connectivity index is 0.000000150. The topological polar surface area (TPSA) is 166 Å². The minimum absolute atomic E-state index is 0.243. The standard InChI is InChI=1S/4C20H28BrN3/c4*1-12-5-7-16(8-6-12)19-22-20(24-23-19)18(21)11-17-14(3)9-13(2)10-15(17)4/h4*5-8,13-15,17-18H,9-11H2,1-4H3,(H,22,23,24). The number of hydrogen-bond acceptors (Lipinski definition) is 8. The number of alkyl halides is 4. The highest BCUT2D eigenvalue weighted by atomic mass is 79.9. The predicted octanol–water partition coefficient (Wildman–Crippen LogP) is 23.7. The minimum atomic E-state index is 0.243. The molecule has 0 radical (unpaired) electrons. The van der Waals surface area contributed by atoms with E-state index in [1.807, 2.05) is 0 Å². The van der Waals surface area contributed by atoms with Crippen LogP contribution in [0, 0.1) is 122 Å². The Bertz CT molecular complexity index is 3080. The fourth-order valence-corrected chi connectivity index (χ4v) is 19.9. The van der Waals surface area contributed by atoms with Gasteiger partial charge in [0.05, 0.1) is 19.3 Å². The summed E-state index contributed by atoms with van der Waals surface area (Å²) in [5.41, 5.74) is 9.27. The number of H-pyrrole nitrogens is 4. The summed E-state index contributed by atoms with van der Waals surface area (Å²) in [6.45, 7) is 37.2. The molecule has 520 valence electrons. The van der Waals surface area contributed by atoms with Crippen LogP contribution in [0.4, 0.5) is 0 Å². The van der Waals surface area contributed by atoms with E-state index in [-0.39, 0.29) is 19.3 Å². The summed E-state index contributed by atoms with van der Waals surface area (Å²) < 4.78 is 0. The van der Waals surface area contributed by atoms with E-state index in [0.717, 1.165) is 189 Å². The average molecular weight is 1560 g/mol. The quantitative estimate of drug-likeness (QED) is 0.0694. The zero-order chi connectivity index (χ0) is 69.1.